The molecule has 0 amide bonds. The fraction of sp³-hybridized carbons (Fsp3) is 0.533. The van der Waals surface area contributed by atoms with Crippen LogP contribution in [0.4, 0.5) is 0 Å². The maximum atomic E-state index is 11.5. The van der Waals surface area contributed by atoms with Crippen molar-refractivity contribution in [3.05, 3.63) is 35.9 Å². The van der Waals surface area contributed by atoms with Crippen molar-refractivity contribution in [3.8, 4) is 0 Å². The molecule has 0 aromatic heterocycles. The lowest BCUT2D eigenvalue weighted by Gasteiger charge is -2.45. The van der Waals surface area contributed by atoms with Crippen molar-refractivity contribution < 1.29 is 19.4 Å². The third-order valence-electron chi connectivity index (χ3n) is 3.61. The van der Waals surface area contributed by atoms with Gasteiger partial charge in [0.2, 0.25) is 0 Å². The molecule has 0 bridgehead atoms. The van der Waals surface area contributed by atoms with Gasteiger partial charge in [0, 0.05) is 0 Å². The first-order chi connectivity index (χ1) is 8.83. The first-order valence-electron chi connectivity index (χ1n) is 6.43. The summed E-state index contributed by atoms with van der Waals surface area (Å²) in [6.07, 6.45) is 0.160. The summed E-state index contributed by atoms with van der Waals surface area (Å²) >= 11 is 0. The summed E-state index contributed by atoms with van der Waals surface area (Å²) in [4.78, 5) is 11.5. The summed E-state index contributed by atoms with van der Waals surface area (Å²) in [5.74, 6) is -1.63. The van der Waals surface area contributed by atoms with Crippen molar-refractivity contribution in [1.29, 1.82) is 0 Å². The number of rotatable bonds is 3. The van der Waals surface area contributed by atoms with Crippen molar-refractivity contribution in [3.63, 3.8) is 0 Å². The van der Waals surface area contributed by atoms with Gasteiger partial charge in [-0.25, -0.2) is 0 Å². The van der Waals surface area contributed by atoms with E-state index in [1.165, 1.54) is 0 Å². The molecule has 4 nitrogen and oxygen atoms in total. The largest absolute Gasteiger partial charge is 0.481 e. The SMILES string of the molecule is CC1(C)OCC(C)(C(=O)O)C(Cc2ccccc2)O1. The van der Waals surface area contributed by atoms with Crippen LogP contribution in [0.25, 0.3) is 0 Å². The van der Waals surface area contributed by atoms with Gasteiger partial charge in [-0.05, 0) is 32.8 Å². The first kappa shape index (κ1) is 14.0. The second-order valence-electron chi connectivity index (χ2n) is 5.71. The van der Waals surface area contributed by atoms with Gasteiger partial charge in [0.25, 0.3) is 0 Å². The summed E-state index contributed by atoms with van der Waals surface area (Å²) in [6.45, 7) is 5.46. The Morgan fingerprint density at radius 1 is 1.32 bits per heavy atom. The molecule has 1 saturated heterocycles. The van der Waals surface area contributed by atoms with E-state index in [1.807, 2.05) is 44.2 Å². The van der Waals surface area contributed by atoms with Crippen molar-refractivity contribution in [2.24, 2.45) is 5.41 Å². The molecule has 2 rings (SSSR count). The predicted octanol–water partition coefficient (Wildman–Crippen LogP) is 2.47. The smallest absolute Gasteiger partial charge is 0.314 e. The minimum atomic E-state index is -1.02. The normalized spacial score (nSPS) is 29.9. The molecule has 19 heavy (non-hydrogen) atoms. The molecular weight excluding hydrogens is 244 g/mol. The fourth-order valence-electron chi connectivity index (χ4n) is 2.22. The topological polar surface area (TPSA) is 55.8 Å². The van der Waals surface area contributed by atoms with Gasteiger partial charge in [-0.3, -0.25) is 4.79 Å². The van der Waals surface area contributed by atoms with Crippen LogP contribution >= 0.6 is 0 Å². The fourth-order valence-corrected chi connectivity index (χ4v) is 2.22. The summed E-state index contributed by atoms with van der Waals surface area (Å²) in [5.41, 5.74) is 0.0448. The zero-order valence-electron chi connectivity index (χ0n) is 11.6. The molecule has 2 unspecified atom stereocenters. The van der Waals surface area contributed by atoms with Crippen LogP contribution in [-0.4, -0.2) is 29.6 Å². The van der Waals surface area contributed by atoms with Crippen molar-refractivity contribution in [2.75, 3.05) is 6.61 Å². The molecule has 4 heteroatoms. The number of hydrogen-bond donors (Lipinski definition) is 1. The maximum absolute atomic E-state index is 11.5. The van der Waals surface area contributed by atoms with E-state index in [0.717, 1.165) is 5.56 Å². The van der Waals surface area contributed by atoms with Gasteiger partial charge in [-0.2, -0.15) is 0 Å². The van der Waals surface area contributed by atoms with Crippen LogP contribution in [0.2, 0.25) is 0 Å². The molecule has 104 valence electrons. The Labute approximate surface area is 113 Å². The van der Waals surface area contributed by atoms with Gasteiger partial charge in [0.15, 0.2) is 5.79 Å². The van der Waals surface area contributed by atoms with Crippen molar-refractivity contribution in [1.82, 2.24) is 0 Å². The Balaban J connectivity index is 2.24. The van der Waals surface area contributed by atoms with Crippen LogP contribution in [0, 0.1) is 5.41 Å². The van der Waals surface area contributed by atoms with Gasteiger partial charge < -0.3 is 14.6 Å². The molecule has 1 fully saturated rings. The van der Waals surface area contributed by atoms with Crippen LogP contribution in [-0.2, 0) is 20.7 Å². The zero-order valence-corrected chi connectivity index (χ0v) is 11.6. The Hall–Kier alpha value is -1.39. The number of carboxylic acid groups (broad SMARTS) is 1. The number of hydrogen-bond acceptors (Lipinski definition) is 3. The van der Waals surface area contributed by atoms with E-state index in [4.69, 9.17) is 9.47 Å². The highest BCUT2D eigenvalue weighted by molar-refractivity contribution is 5.75. The number of benzene rings is 1. The molecular formula is C15H20O4. The number of ether oxygens (including phenoxy) is 2. The van der Waals surface area contributed by atoms with E-state index in [2.05, 4.69) is 0 Å². The summed E-state index contributed by atoms with van der Waals surface area (Å²) in [5, 5.41) is 9.46. The summed E-state index contributed by atoms with van der Waals surface area (Å²) < 4.78 is 11.4. The minimum absolute atomic E-state index is 0.160. The van der Waals surface area contributed by atoms with E-state index >= 15 is 0 Å². The Morgan fingerprint density at radius 2 is 1.95 bits per heavy atom. The summed E-state index contributed by atoms with van der Waals surface area (Å²) in [6, 6.07) is 9.78. The molecule has 1 heterocycles. The Bertz CT molecular complexity index is 454. The van der Waals surface area contributed by atoms with E-state index in [0.29, 0.717) is 6.42 Å². The van der Waals surface area contributed by atoms with Crippen LogP contribution in [0.15, 0.2) is 30.3 Å². The van der Waals surface area contributed by atoms with E-state index in [9.17, 15) is 9.90 Å². The second kappa shape index (κ2) is 4.94. The molecule has 2 atom stereocenters. The lowest BCUT2D eigenvalue weighted by molar-refractivity contribution is -0.310. The van der Waals surface area contributed by atoms with Crippen molar-refractivity contribution in [2.45, 2.75) is 39.1 Å². The molecule has 0 saturated carbocycles. The van der Waals surface area contributed by atoms with E-state index in [-0.39, 0.29) is 6.61 Å². The van der Waals surface area contributed by atoms with E-state index in [1.54, 1.807) is 6.92 Å². The zero-order chi connectivity index (χ0) is 14.1. The molecule has 1 aliphatic heterocycles. The highest BCUT2D eigenvalue weighted by Crippen LogP contribution is 2.37. The highest BCUT2D eigenvalue weighted by Gasteiger charge is 2.49. The van der Waals surface area contributed by atoms with Gasteiger partial charge in [0.1, 0.15) is 5.41 Å². The van der Waals surface area contributed by atoms with Crippen LogP contribution in [0.3, 0.4) is 0 Å². The third-order valence-corrected chi connectivity index (χ3v) is 3.61. The lowest BCUT2D eigenvalue weighted by Crippen LogP contribution is -2.56. The van der Waals surface area contributed by atoms with Gasteiger partial charge in [-0.15, -0.1) is 0 Å². The van der Waals surface area contributed by atoms with Gasteiger partial charge in [0.05, 0.1) is 12.7 Å². The first-order valence-corrected chi connectivity index (χ1v) is 6.43. The van der Waals surface area contributed by atoms with Crippen LogP contribution in [0.5, 0.6) is 0 Å². The average molecular weight is 264 g/mol. The second-order valence-corrected chi connectivity index (χ2v) is 5.71. The van der Waals surface area contributed by atoms with E-state index < -0.39 is 23.3 Å². The molecule has 0 aliphatic carbocycles. The molecule has 0 spiro atoms. The number of carboxylic acids is 1. The minimum Gasteiger partial charge on any atom is -0.481 e. The predicted molar refractivity (Wildman–Crippen MR) is 70.8 cm³/mol. The molecule has 1 aromatic carbocycles. The Morgan fingerprint density at radius 3 is 2.53 bits per heavy atom. The van der Waals surface area contributed by atoms with Crippen molar-refractivity contribution >= 4 is 5.97 Å². The number of carbonyl (C=O) groups is 1. The van der Waals surface area contributed by atoms with Gasteiger partial charge >= 0.3 is 5.97 Å². The van der Waals surface area contributed by atoms with Gasteiger partial charge in [-0.1, -0.05) is 30.3 Å². The van der Waals surface area contributed by atoms with Crippen LogP contribution < -0.4 is 0 Å². The summed E-state index contributed by atoms with van der Waals surface area (Å²) in [7, 11) is 0. The lowest BCUT2D eigenvalue weighted by atomic mass is 9.80. The quantitative estimate of drug-likeness (QED) is 0.911. The third kappa shape index (κ3) is 2.96. The molecule has 1 aromatic rings. The Kier molecular flexibility index (Phi) is 3.65. The average Bonchev–Trinajstić information content (AvgIpc) is 2.35. The molecule has 1 N–H and O–H groups in total. The standard InChI is InChI=1S/C15H20O4/c1-14(2)18-10-15(3,13(16)17)12(19-14)9-11-7-5-4-6-8-11/h4-8,12H,9-10H2,1-3H3,(H,16,17). The monoisotopic (exact) mass is 264 g/mol. The molecule has 1 aliphatic rings. The van der Waals surface area contributed by atoms with Crippen LogP contribution in [0.1, 0.15) is 26.3 Å². The number of aliphatic carboxylic acids is 1. The maximum Gasteiger partial charge on any atom is 0.314 e. The highest BCUT2D eigenvalue weighted by atomic mass is 16.7. The molecule has 0 radical (unpaired) electrons.